The molecule has 1 aromatic carbocycles. The molecule has 0 aliphatic heterocycles. The molecule has 0 amide bonds. The minimum Gasteiger partial charge on any atom is -0.368 e. The van der Waals surface area contributed by atoms with E-state index in [4.69, 9.17) is 17.3 Å². The van der Waals surface area contributed by atoms with Crippen molar-refractivity contribution in [3.63, 3.8) is 0 Å². The van der Waals surface area contributed by atoms with E-state index in [1.807, 2.05) is 49.4 Å². The second kappa shape index (κ2) is 9.60. The largest absolute Gasteiger partial charge is 0.368 e. The number of nitrogens with two attached hydrogens (primary N) is 1. The standard InChI is InChI=1S/C22H22ClN9/c1-14-11-20(27-13-17(25)19-7-2-3-10-26-19)32-22(28-14)30-21(31-32)29-18(8-9-24)15-5-4-6-16(23)12-15/h2-7,10-12,17-18,27H,8,13,25H2,1H3,(H,29,31)/t17-,18-/m1/s1. The fraction of sp³-hybridized carbons (Fsp3) is 0.227. The predicted octanol–water partition coefficient (Wildman–Crippen LogP) is 3.66. The van der Waals surface area contributed by atoms with Gasteiger partial charge in [-0.3, -0.25) is 4.98 Å². The Bertz CT molecular complexity index is 1250. The molecule has 0 saturated carbocycles. The Morgan fingerprint density at radius 2 is 2.06 bits per heavy atom. The highest BCUT2D eigenvalue weighted by Crippen LogP contribution is 2.24. The van der Waals surface area contributed by atoms with E-state index in [0.717, 1.165) is 17.0 Å². The number of pyridine rings is 1. The summed E-state index contributed by atoms with van der Waals surface area (Å²) in [4.78, 5) is 13.3. The lowest BCUT2D eigenvalue weighted by molar-refractivity contribution is 0.728. The van der Waals surface area contributed by atoms with Crippen LogP contribution in [0.3, 0.4) is 0 Å². The number of hydrogen-bond acceptors (Lipinski definition) is 8. The van der Waals surface area contributed by atoms with Gasteiger partial charge in [0, 0.05) is 29.5 Å². The van der Waals surface area contributed by atoms with Gasteiger partial charge in [0.15, 0.2) is 0 Å². The van der Waals surface area contributed by atoms with Gasteiger partial charge in [0.05, 0.1) is 30.3 Å². The number of halogens is 1. The highest BCUT2D eigenvalue weighted by Gasteiger charge is 2.17. The number of aromatic nitrogens is 5. The Kier molecular flexibility index (Phi) is 6.44. The summed E-state index contributed by atoms with van der Waals surface area (Å²) >= 11 is 6.12. The van der Waals surface area contributed by atoms with Crippen molar-refractivity contribution < 1.29 is 0 Å². The molecule has 10 heteroatoms. The summed E-state index contributed by atoms with van der Waals surface area (Å²) in [7, 11) is 0. The number of nitrogens with one attached hydrogen (secondary N) is 2. The van der Waals surface area contributed by atoms with Gasteiger partial charge in [-0.05, 0) is 36.8 Å². The zero-order valence-electron chi connectivity index (χ0n) is 17.4. The minimum atomic E-state index is -0.314. The van der Waals surface area contributed by atoms with Crippen molar-refractivity contribution in [3.8, 4) is 6.07 Å². The summed E-state index contributed by atoms with van der Waals surface area (Å²) in [6.45, 7) is 2.34. The van der Waals surface area contributed by atoms with Gasteiger partial charge >= 0.3 is 0 Å². The molecule has 3 aromatic heterocycles. The van der Waals surface area contributed by atoms with Crippen LogP contribution in [-0.4, -0.2) is 31.1 Å². The van der Waals surface area contributed by atoms with Crippen molar-refractivity contribution >= 4 is 29.1 Å². The SMILES string of the molecule is Cc1cc(NC[C@@H](N)c2ccccn2)n2nc(N[C@H](CC#N)c3cccc(Cl)c3)nc2n1. The monoisotopic (exact) mass is 447 g/mol. The average Bonchev–Trinajstić information content (AvgIpc) is 3.20. The highest BCUT2D eigenvalue weighted by atomic mass is 35.5. The molecule has 0 saturated heterocycles. The van der Waals surface area contributed by atoms with Crippen molar-refractivity contribution in [1.82, 2.24) is 24.6 Å². The van der Waals surface area contributed by atoms with Gasteiger partial charge in [-0.1, -0.05) is 29.8 Å². The Labute approximate surface area is 190 Å². The van der Waals surface area contributed by atoms with E-state index < -0.39 is 0 Å². The van der Waals surface area contributed by atoms with E-state index in [9.17, 15) is 5.26 Å². The molecule has 0 fully saturated rings. The fourth-order valence-electron chi connectivity index (χ4n) is 3.31. The molecule has 0 radical (unpaired) electrons. The topological polar surface area (TPSA) is 130 Å². The third-order valence-corrected chi connectivity index (χ3v) is 5.10. The molecule has 32 heavy (non-hydrogen) atoms. The van der Waals surface area contributed by atoms with Gasteiger partial charge in [0.2, 0.25) is 5.95 Å². The van der Waals surface area contributed by atoms with E-state index in [0.29, 0.717) is 29.1 Å². The van der Waals surface area contributed by atoms with Crippen LogP contribution in [-0.2, 0) is 0 Å². The van der Waals surface area contributed by atoms with Gasteiger partial charge in [-0.2, -0.15) is 14.8 Å². The van der Waals surface area contributed by atoms with Crippen LogP contribution < -0.4 is 16.4 Å². The van der Waals surface area contributed by atoms with Crippen LogP contribution >= 0.6 is 11.6 Å². The van der Waals surface area contributed by atoms with E-state index in [2.05, 4.69) is 36.8 Å². The van der Waals surface area contributed by atoms with Crippen molar-refractivity contribution in [2.75, 3.05) is 17.2 Å². The predicted molar refractivity (Wildman–Crippen MR) is 123 cm³/mol. The molecule has 0 spiro atoms. The second-order valence-corrected chi connectivity index (χ2v) is 7.72. The summed E-state index contributed by atoms with van der Waals surface area (Å²) in [5.41, 5.74) is 8.72. The zero-order valence-corrected chi connectivity index (χ0v) is 18.2. The second-order valence-electron chi connectivity index (χ2n) is 7.29. The van der Waals surface area contributed by atoms with Crippen LogP contribution in [0.15, 0.2) is 54.7 Å². The first-order chi connectivity index (χ1) is 15.5. The highest BCUT2D eigenvalue weighted by molar-refractivity contribution is 6.30. The van der Waals surface area contributed by atoms with Crippen molar-refractivity contribution in [2.24, 2.45) is 5.73 Å². The normalized spacial score (nSPS) is 12.8. The third kappa shape index (κ3) is 4.94. The Morgan fingerprint density at radius 1 is 1.19 bits per heavy atom. The number of nitriles is 1. The lowest BCUT2D eigenvalue weighted by atomic mass is 10.0. The quantitative estimate of drug-likeness (QED) is 0.373. The van der Waals surface area contributed by atoms with E-state index in [-0.39, 0.29) is 18.5 Å². The van der Waals surface area contributed by atoms with E-state index in [1.54, 1.807) is 16.8 Å². The summed E-state index contributed by atoms with van der Waals surface area (Å²) in [5.74, 6) is 1.50. The first-order valence-corrected chi connectivity index (χ1v) is 10.4. The third-order valence-electron chi connectivity index (χ3n) is 4.86. The van der Waals surface area contributed by atoms with Crippen LogP contribution in [0.5, 0.6) is 0 Å². The van der Waals surface area contributed by atoms with Gasteiger partial charge in [-0.15, -0.1) is 5.10 Å². The Morgan fingerprint density at radius 3 is 2.81 bits per heavy atom. The number of hydrogen-bond donors (Lipinski definition) is 3. The molecule has 4 N–H and O–H groups in total. The number of benzene rings is 1. The molecule has 4 aromatic rings. The molecule has 0 aliphatic carbocycles. The van der Waals surface area contributed by atoms with Gasteiger partial charge in [-0.25, -0.2) is 4.98 Å². The molecule has 0 bridgehead atoms. The summed E-state index contributed by atoms with van der Waals surface area (Å²) < 4.78 is 1.61. The maximum absolute atomic E-state index is 9.27. The van der Waals surface area contributed by atoms with Crippen molar-refractivity contribution in [1.29, 1.82) is 5.26 Å². The van der Waals surface area contributed by atoms with E-state index >= 15 is 0 Å². The zero-order chi connectivity index (χ0) is 22.5. The molecule has 2 atom stereocenters. The van der Waals surface area contributed by atoms with Gasteiger partial charge in [0.25, 0.3) is 5.78 Å². The first-order valence-electron chi connectivity index (χ1n) is 10.1. The molecular weight excluding hydrogens is 426 g/mol. The smallest absolute Gasteiger partial charge is 0.256 e. The van der Waals surface area contributed by atoms with E-state index in [1.165, 1.54) is 0 Å². The van der Waals surface area contributed by atoms with Crippen molar-refractivity contribution in [3.05, 3.63) is 76.7 Å². The number of nitrogens with zero attached hydrogens (tertiary/aromatic N) is 6. The number of rotatable bonds is 8. The molecular formula is C22H22ClN9. The summed E-state index contributed by atoms with van der Waals surface area (Å²) in [6, 6.07) is 16.5. The Hall–Kier alpha value is -3.74. The number of anilines is 2. The minimum absolute atomic E-state index is 0.229. The molecule has 0 unspecified atom stereocenters. The maximum Gasteiger partial charge on any atom is 0.256 e. The Balaban J connectivity index is 1.57. The summed E-state index contributed by atoms with van der Waals surface area (Å²) in [5, 5.41) is 21.0. The maximum atomic E-state index is 9.27. The van der Waals surface area contributed by atoms with Gasteiger partial charge < -0.3 is 16.4 Å². The molecule has 0 aliphatic rings. The van der Waals surface area contributed by atoms with Crippen LogP contribution in [0.1, 0.15) is 35.5 Å². The molecule has 4 rings (SSSR count). The summed E-state index contributed by atoms with van der Waals surface area (Å²) in [6.07, 6.45) is 1.95. The number of fused-ring (bicyclic) bond motifs is 1. The molecule has 9 nitrogen and oxygen atoms in total. The van der Waals surface area contributed by atoms with Crippen LogP contribution in [0.25, 0.3) is 5.78 Å². The van der Waals surface area contributed by atoms with Crippen molar-refractivity contribution in [2.45, 2.75) is 25.4 Å². The fourth-order valence-corrected chi connectivity index (χ4v) is 3.51. The van der Waals surface area contributed by atoms with Gasteiger partial charge in [0.1, 0.15) is 5.82 Å². The number of aryl methyl sites for hydroxylation is 1. The molecule has 162 valence electrons. The lowest BCUT2D eigenvalue weighted by Crippen LogP contribution is -2.22. The first kappa shape index (κ1) is 21.5. The lowest BCUT2D eigenvalue weighted by Gasteiger charge is -2.15. The van der Waals surface area contributed by atoms with Crippen LogP contribution in [0.4, 0.5) is 11.8 Å². The van der Waals surface area contributed by atoms with Crippen LogP contribution in [0, 0.1) is 18.3 Å². The molecule has 3 heterocycles. The average molecular weight is 448 g/mol. The van der Waals surface area contributed by atoms with Crippen LogP contribution in [0.2, 0.25) is 5.02 Å².